The number of para-hydroxylation sites is 2. The van der Waals surface area contributed by atoms with Gasteiger partial charge in [0.1, 0.15) is 16.7 Å². The SMILES string of the molecule is COc1ccccc1Nc1cc(C#N)cc(Cl)n1. The van der Waals surface area contributed by atoms with Gasteiger partial charge in [0.25, 0.3) is 0 Å². The average Bonchev–Trinajstić information content (AvgIpc) is 2.38. The summed E-state index contributed by atoms with van der Waals surface area (Å²) in [6.45, 7) is 0. The van der Waals surface area contributed by atoms with E-state index in [0.717, 1.165) is 5.69 Å². The van der Waals surface area contributed by atoms with Gasteiger partial charge in [0.2, 0.25) is 0 Å². The number of aromatic nitrogens is 1. The van der Waals surface area contributed by atoms with Gasteiger partial charge < -0.3 is 10.1 Å². The molecule has 0 saturated carbocycles. The minimum atomic E-state index is 0.270. The van der Waals surface area contributed by atoms with Gasteiger partial charge in [-0.1, -0.05) is 23.7 Å². The number of nitriles is 1. The predicted octanol–water partition coefficient (Wildman–Crippen LogP) is 3.36. The van der Waals surface area contributed by atoms with E-state index in [2.05, 4.69) is 10.3 Å². The molecule has 1 aromatic carbocycles. The van der Waals surface area contributed by atoms with Crippen molar-refractivity contribution >= 4 is 23.1 Å². The van der Waals surface area contributed by atoms with Crippen LogP contribution in [-0.4, -0.2) is 12.1 Å². The molecule has 1 N–H and O–H groups in total. The van der Waals surface area contributed by atoms with Crippen molar-refractivity contribution < 1.29 is 4.74 Å². The quantitative estimate of drug-likeness (QED) is 0.859. The minimum absolute atomic E-state index is 0.270. The van der Waals surface area contributed by atoms with Crippen LogP contribution in [0.2, 0.25) is 5.15 Å². The molecular formula is C13H10ClN3O. The van der Waals surface area contributed by atoms with E-state index in [9.17, 15) is 0 Å². The van der Waals surface area contributed by atoms with E-state index >= 15 is 0 Å². The molecule has 5 heteroatoms. The Bertz CT molecular complexity index is 607. The first-order valence-corrected chi connectivity index (χ1v) is 5.58. The van der Waals surface area contributed by atoms with Gasteiger partial charge in [0.15, 0.2) is 0 Å². The molecule has 0 bridgehead atoms. The molecule has 0 saturated heterocycles. The molecule has 2 aromatic rings. The topological polar surface area (TPSA) is 57.9 Å². The predicted molar refractivity (Wildman–Crippen MR) is 70.2 cm³/mol. The van der Waals surface area contributed by atoms with Gasteiger partial charge >= 0.3 is 0 Å². The van der Waals surface area contributed by atoms with Gasteiger partial charge in [0.05, 0.1) is 24.4 Å². The van der Waals surface area contributed by atoms with E-state index < -0.39 is 0 Å². The van der Waals surface area contributed by atoms with Gasteiger partial charge in [0, 0.05) is 0 Å². The molecule has 0 radical (unpaired) electrons. The lowest BCUT2D eigenvalue weighted by atomic mass is 10.2. The number of ether oxygens (including phenoxy) is 1. The third-order valence-electron chi connectivity index (χ3n) is 2.29. The normalized spacial score (nSPS) is 9.61. The molecule has 2 rings (SSSR count). The van der Waals surface area contributed by atoms with Gasteiger partial charge in [-0.25, -0.2) is 4.98 Å². The highest BCUT2D eigenvalue weighted by Crippen LogP contribution is 2.27. The summed E-state index contributed by atoms with van der Waals surface area (Å²) in [5.74, 6) is 1.20. The summed E-state index contributed by atoms with van der Waals surface area (Å²) in [6, 6.07) is 12.6. The van der Waals surface area contributed by atoms with Crippen molar-refractivity contribution in [3.8, 4) is 11.8 Å². The van der Waals surface area contributed by atoms with Crippen LogP contribution in [-0.2, 0) is 0 Å². The number of hydrogen-bond acceptors (Lipinski definition) is 4. The Morgan fingerprint density at radius 1 is 1.33 bits per heavy atom. The number of rotatable bonds is 3. The number of benzene rings is 1. The van der Waals surface area contributed by atoms with Crippen LogP contribution in [0.1, 0.15) is 5.56 Å². The minimum Gasteiger partial charge on any atom is -0.495 e. The maximum atomic E-state index is 8.86. The molecule has 0 aliphatic heterocycles. The number of anilines is 2. The highest BCUT2D eigenvalue weighted by Gasteiger charge is 2.05. The number of hydrogen-bond donors (Lipinski definition) is 1. The maximum Gasteiger partial charge on any atom is 0.142 e. The van der Waals surface area contributed by atoms with Crippen molar-refractivity contribution in [2.45, 2.75) is 0 Å². The molecular weight excluding hydrogens is 250 g/mol. The van der Waals surface area contributed by atoms with Crippen molar-refractivity contribution in [1.82, 2.24) is 4.98 Å². The summed E-state index contributed by atoms with van der Waals surface area (Å²) in [6.07, 6.45) is 0. The van der Waals surface area contributed by atoms with E-state index in [0.29, 0.717) is 17.1 Å². The van der Waals surface area contributed by atoms with E-state index in [1.54, 1.807) is 13.2 Å². The number of halogens is 1. The van der Waals surface area contributed by atoms with Crippen LogP contribution in [0.4, 0.5) is 11.5 Å². The number of pyridine rings is 1. The zero-order valence-electron chi connectivity index (χ0n) is 9.64. The van der Waals surface area contributed by atoms with Crippen LogP contribution >= 0.6 is 11.6 Å². The monoisotopic (exact) mass is 259 g/mol. The third-order valence-corrected chi connectivity index (χ3v) is 2.49. The summed E-state index contributed by atoms with van der Waals surface area (Å²) in [4.78, 5) is 4.10. The molecule has 1 aromatic heterocycles. The van der Waals surface area contributed by atoms with E-state index in [-0.39, 0.29) is 5.15 Å². The van der Waals surface area contributed by atoms with Crippen LogP contribution in [0, 0.1) is 11.3 Å². The first-order chi connectivity index (χ1) is 8.72. The van der Waals surface area contributed by atoms with Crippen molar-refractivity contribution in [1.29, 1.82) is 5.26 Å². The first kappa shape index (κ1) is 12.2. The standard InChI is InChI=1S/C13H10ClN3O/c1-18-11-5-3-2-4-10(11)16-13-7-9(8-15)6-12(14)17-13/h2-7H,1H3,(H,16,17). The maximum absolute atomic E-state index is 8.86. The molecule has 0 amide bonds. The van der Waals surface area contributed by atoms with Crippen LogP contribution in [0.25, 0.3) is 0 Å². The number of methoxy groups -OCH3 is 1. The van der Waals surface area contributed by atoms with Crippen LogP contribution in [0.3, 0.4) is 0 Å². The fraction of sp³-hybridized carbons (Fsp3) is 0.0769. The number of nitrogens with zero attached hydrogens (tertiary/aromatic N) is 2. The van der Waals surface area contributed by atoms with E-state index in [1.165, 1.54) is 6.07 Å². The Labute approximate surface area is 110 Å². The molecule has 0 atom stereocenters. The second-order valence-corrected chi connectivity index (χ2v) is 3.89. The van der Waals surface area contributed by atoms with Crippen LogP contribution in [0.5, 0.6) is 5.75 Å². The van der Waals surface area contributed by atoms with Gasteiger partial charge in [-0.05, 0) is 24.3 Å². The molecule has 0 fully saturated rings. The van der Waals surface area contributed by atoms with Gasteiger partial charge in [-0.2, -0.15) is 5.26 Å². The summed E-state index contributed by atoms with van der Waals surface area (Å²) in [5.41, 5.74) is 1.21. The smallest absolute Gasteiger partial charge is 0.142 e. The summed E-state index contributed by atoms with van der Waals surface area (Å²) < 4.78 is 5.22. The van der Waals surface area contributed by atoms with Crippen molar-refractivity contribution in [3.05, 3.63) is 47.1 Å². The fourth-order valence-corrected chi connectivity index (χ4v) is 1.72. The Balaban J connectivity index is 2.34. The van der Waals surface area contributed by atoms with Crippen molar-refractivity contribution in [2.24, 2.45) is 0 Å². The second kappa shape index (κ2) is 5.39. The van der Waals surface area contributed by atoms with Crippen LogP contribution in [0.15, 0.2) is 36.4 Å². The fourth-order valence-electron chi connectivity index (χ4n) is 1.51. The number of nitrogens with one attached hydrogen (secondary N) is 1. The van der Waals surface area contributed by atoms with Crippen molar-refractivity contribution in [3.63, 3.8) is 0 Å². The Hall–Kier alpha value is -2.25. The summed E-state index contributed by atoms with van der Waals surface area (Å²) in [5, 5.41) is 12.2. The molecule has 18 heavy (non-hydrogen) atoms. The summed E-state index contributed by atoms with van der Waals surface area (Å²) >= 11 is 5.84. The van der Waals surface area contributed by atoms with Gasteiger partial charge in [-0.15, -0.1) is 0 Å². The zero-order valence-corrected chi connectivity index (χ0v) is 10.4. The third kappa shape index (κ3) is 2.70. The second-order valence-electron chi connectivity index (χ2n) is 3.50. The first-order valence-electron chi connectivity index (χ1n) is 5.20. The van der Waals surface area contributed by atoms with Crippen LogP contribution < -0.4 is 10.1 Å². The Morgan fingerprint density at radius 3 is 2.83 bits per heavy atom. The van der Waals surface area contributed by atoms with E-state index in [4.69, 9.17) is 21.6 Å². The largest absolute Gasteiger partial charge is 0.495 e. The molecule has 0 aliphatic carbocycles. The average molecular weight is 260 g/mol. The Kier molecular flexibility index (Phi) is 3.66. The zero-order chi connectivity index (χ0) is 13.0. The highest BCUT2D eigenvalue weighted by atomic mass is 35.5. The molecule has 4 nitrogen and oxygen atoms in total. The molecule has 0 aliphatic rings. The lowest BCUT2D eigenvalue weighted by Gasteiger charge is -2.10. The molecule has 0 spiro atoms. The molecule has 0 unspecified atom stereocenters. The van der Waals surface area contributed by atoms with Gasteiger partial charge in [-0.3, -0.25) is 0 Å². The molecule has 90 valence electrons. The highest BCUT2D eigenvalue weighted by molar-refractivity contribution is 6.29. The lowest BCUT2D eigenvalue weighted by Crippen LogP contribution is -1.97. The van der Waals surface area contributed by atoms with E-state index in [1.807, 2.05) is 30.3 Å². The summed E-state index contributed by atoms with van der Waals surface area (Å²) in [7, 11) is 1.59. The van der Waals surface area contributed by atoms with Crippen molar-refractivity contribution in [2.75, 3.05) is 12.4 Å². The lowest BCUT2D eigenvalue weighted by molar-refractivity contribution is 0.417. The Morgan fingerprint density at radius 2 is 2.11 bits per heavy atom. The molecule has 1 heterocycles.